The van der Waals surface area contributed by atoms with Crippen LogP contribution in [0.1, 0.15) is 26.0 Å². The number of nitrogens with zero attached hydrogens (tertiary/aromatic N) is 1. The van der Waals surface area contributed by atoms with Gasteiger partial charge in [0.1, 0.15) is 0 Å². The number of nitrogens with one attached hydrogen (secondary N) is 2. The molecule has 0 aliphatic heterocycles. The molecule has 1 aromatic carbocycles. The minimum absolute atomic E-state index is 0.725. The van der Waals surface area contributed by atoms with Gasteiger partial charge < -0.3 is 10.6 Å². The zero-order valence-corrected chi connectivity index (χ0v) is 12.5. The van der Waals surface area contributed by atoms with Gasteiger partial charge in [0.05, 0.1) is 5.69 Å². The Morgan fingerprint density at radius 3 is 2.70 bits per heavy atom. The SMILES string of the molecule is CC(C)CNCCCNCc1nccc2ccccc12. The zero-order valence-electron chi connectivity index (χ0n) is 12.5. The molecule has 0 fully saturated rings. The maximum Gasteiger partial charge on any atom is 0.0619 e. The Kier molecular flexibility index (Phi) is 5.96. The van der Waals surface area contributed by atoms with Crippen molar-refractivity contribution in [3.05, 3.63) is 42.2 Å². The first-order chi connectivity index (χ1) is 9.77. The highest BCUT2D eigenvalue weighted by atomic mass is 14.9. The molecule has 3 heteroatoms. The van der Waals surface area contributed by atoms with Crippen molar-refractivity contribution >= 4 is 10.8 Å². The van der Waals surface area contributed by atoms with E-state index in [1.165, 1.54) is 10.8 Å². The first-order valence-electron chi connectivity index (χ1n) is 7.51. The van der Waals surface area contributed by atoms with Gasteiger partial charge in [-0.3, -0.25) is 4.98 Å². The van der Waals surface area contributed by atoms with Gasteiger partial charge in [-0.1, -0.05) is 38.1 Å². The van der Waals surface area contributed by atoms with Crippen LogP contribution in [0.2, 0.25) is 0 Å². The minimum Gasteiger partial charge on any atom is -0.316 e. The summed E-state index contributed by atoms with van der Waals surface area (Å²) in [6.45, 7) is 8.51. The number of rotatable bonds is 8. The monoisotopic (exact) mass is 271 g/mol. The molecule has 1 heterocycles. The van der Waals surface area contributed by atoms with Crippen LogP contribution in [0.15, 0.2) is 36.5 Å². The lowest BCUT2D eigenvalue weighted by atomic mass is 10.1. The van der Waals surface area contributed by atoms with Gasteiger partial charge in [-0.15, -0.1) is 0 Å². The Bertz CT molecular complexity index is 517. The van der Waals surface area contributed by atoms with Gasteiger partial charge in [0.15, 0.2) is 0 Å². The molecule has 2 aromatic rings. The molecule has 0 aliphatic carbocycles. The van der Waals surface area contributed by atoms with Crippen LogP contribution in [0.25, 0.3) is 10.8 Å². The first-order valence-corrected chi connectivity index (χ1v) is 7.51. The largest absolute Gasteiger partial charge is 0.316 e. The number of hydrogen-bond acceptors (Lipinski definition) is 3. The summed E-state index contributed by atoms with van der Waals surface area (Å²) in [5, 5.41) is 9.45. The van der Waals surface area contributed by atoms with Crippen LogP contribution in [-0.2, 0) is 6.54 Å². The fourth-order valence-electron chi connectivity index (χ4n) is 2.26. The van der Waals surface area contributed by atoms with Crippen molar-refractivity contribution in [3.63, 3.8) is 0 Å². The Labute approximate surface area is 121 Å². The highest BCUT2D eigenvalue weighted by Gasteiger charge is 2.00. The van der Waals surface area contributed by atoms with Gasteiger partial charge in [0.25, 0.3) is 0 Å². The molecule has 0 amide bonds. The van der Waals surface area contributed by atoms with Crippen molar-refractivity contribution in [2.45, 2.75) is 26.8 Å². The van der Waals surface area contributed by atoms with E-state index in [9.17, 15) is 0 Å². The molecule has 2 rings (SSSR count). The molecule has 2 N–H and O–H groups in total. The van der Waals surface area contributed by atoms with Crippen molar-refractivity contribution < 1.29 is 0 Å². The van der Waals surface area contributed by atoms with Crippen LogP contribution in [0.4, 0.5) is 0 Å². The molecule has 0 bridgehead atoms. The van der Waals surface area contributed by atoms with E-state index in [0.717, 1.165) is 44.2 Å². The minimum atomic E-state index is 0.725. The molecule has 0 radical (unpaired) electrons. The molecule has 0 atom stereocenters. The van der Waals surface area contributed by atoms with E-state index in [1.54, 1.807) is 0 Å². The Morgan fingerprint density at radius 2 is 1.85 bits per heavy atom. The zero-order chi connectivity index (χ0) is 14.2. The lowest BCUT2D eigenvalue weighted by Gasteiger charge is -2.09. The van der Waals surface area contributed by atoms with Crippen LogP contribution in [0.3, 0.4) is 0 Å². The highest BCUT2D eigenvalue weighted by molar-refractivity contribution is 5.84. The standard InChI is InChI=1S/C17H25N3/c1-14(2)12-18-9-5-10-19-13-17-16-7-4-3-6-15(16)8-11-20-17/h3-4,6-8,11,14,18-19H,5,9-10,12-13H2,1-2H3. The summed E-state index contributed by atoms with van der Waals surface area (Å²) in [6, 6.07) is 10.5. The second-order valence-electron chi connectivity index (χ2n) is 5.61. The average molecular weight is 271 g/mol. The lowest BCUT2D eigenvalue weighted by Crippen LogP contribution is -2.24. The van der Waals surface area contributed by atoms with E-state index >= 15 is 0 Å². The Morgan fingerprint density at radius 1 is 1.05 bits per heavy atom. The van der Waals surface area contributed by atoms with Crippen LogP contribution in [-0.4, -0.2) is 24.6 Å². The van der Waals surface area contributed by atoms with Crippen LogP contribution in [0.5, 0.6) is 0 Å². The number of benzene rings is 1. The van der Waals surface area contributed by atoms with E-state index in [2.05, 4.69) is 59.8 Å². The Balaban J connectivity index is 1.73. The van der Waals surface area contributed by atoms with Crippen molar-refractivity contribution in [1.29, 1.82) is 0 Å². The predicted octanol–water partition coefficient (Wildman–Crippen LogP) is 2.96. The molecule has 0 saturated heterocycles. The van der Waals surface area contributed by atoms with E-state index < -0.39 is 0 Å². The van der Waals surface area contributed by atoms with Gasteiger partial charge in [-0.25, -0.2) is 0 Å². The third kappa shape index (κ3) is 4.58. The van der Waals surface area contributed by atoms with E-state index in [4.69, 9.17) is 0 Å². The van der Waals surface area contributed by atoms with Gasteiger partial charge >= 0.3 is 0 Å². The molecule has 0 aliphatic rings. The second-order valence-corrected chi connectivity index (χ2v) is 5.61. The third-order valence-corrected chi connectivity index (χ3v) is 3.31. The van der Waals surface area contributed by atoms with Gasteiger partial charge in [0, 0.05) is 18.1 Å². The topological polar surface area (TPSA) is 37.0 Å². The molecule has 0 spiro atoms. The summed E-state index contributed by atoms with van der Waals surface area (Å²) in [4.78, 5) is 4.49. The summed E-state index contributed by atoms with van der Waals surface area (Å²) in [5.74, 6) is 0.725. The molecule has 0 saturated carbocycles. The molecule has 20 heavy (non-hydrogen) atoms. The highest BCUT2D eigenvalue weighted by Crippen LogP contribution is 2.15. The fraction of sp³-hybridized carbons (Fsp3) is 0.471. The van der Waals surface area contributed by atoms with Crippen LogP contribution < -0.4 is 10.6 Å². The third-order valence-electron chi connectivity index (χ3n) is 3.31. The first kappa shape index (κ1) is 14.9. The number of fused-ring (bicyclic) bond motifs is 1. The van der Waals surface area contributed by atoms with E-state index in [0.29, 0.717) is 0 Å². The second kappa shape index (κ2) is 7.98. The summed E-state index contributed by atoms with van der Waals surface area (Å²) < 4.78 is 0. The van der Waals surface area contributed by atoms with Crippen molar-refractivity contribution in [3.8, 4) is 0 Å². The fourth-order valence-corrected chi connectivity index (χ4v) is 2.26. The maximum atomic E-state index is 4.49. The van der Waals surface area contributed by atoms with Crippen LogP contribution >= 0.6 is 0 Å². The van der Waals surface area contributed by atoms with E-state index in [1.807, 2.05) is 6.20 Å². The molecule has 3 nitrogen and oxygen atoms in total. The molecular formula is C17H25N3. The summed E-state index contributed by atoms with van der Waals surface area (Å²) in [6.07, 6.45) is 3.04. The normalized spacial score (nSPS) is 11.3. The summed E-state index contributed by atoms with van der Waals surface area (Å²) in [7, 11) is 0. The quantitative estimate of drug-likeness (QED) is 0.725. The van der Waals surface area contributed by atoms with Gasteiger partial charge in [-0.05, 0) is 43.4 Å². The number of pyridine rings is 1. The number of hydrogen-bond donors (Lipinski definition) is 2. The van der Waals surface area contributed by atoms with Crippen molar-refractivity contribution in [1.82, 2.24) is 15.6 Å². The predicted molar refractivity (Wildman–Crippen MR) is 85.8 cm³/mol. The lowest BCUT2D eigenvalue weighted by molar-refractivity contribution is 0.529. The smallest absolute Gasteiger partial charge is 0.0619 e. The Hall–Kier alpha value is -1.45. The van der Waals surface area contributed by atoms with Gasteiger partial charge in [-0.2, -0.15) is 0 Å². The van der Waals surface area contributed by atoms with Crippen LogP contribution in [0, 0.1) is 5.92 Å². The van der Waals surface area contributed by atoms with Crippen molar-refractivity contribution in [2.75, 3.05) is 19.6 Å². The average Bonchev–Trinajstić information content (AvgIpc) is 2.46. The van der Waals surface area contributed by atoms with Gasteiger partial charge in [0.2, 0.25) is 0 Å². The number of aromatic nitrogens is 1. The molecular weight excluding hydrogens is 246 g/mol. The molecule has 1 aromatic heterocycles. The molecule has 108 valence electrons. The summed E-state index contributed by atoms with van der Waals surface area (Å²) >= 11 is 0. The summed E-state index contributed by atoms with van der Waals surface area (Å²) in [5.41, 5.74) is 1.14. The molecule has 0 unspecified atom stereocenters. The van der Waals surface area contributed by atoms with Crippen molar-refractivity contribution in [2.24, 2.45) is 5.92 Å². The maximum absolute atomic E-state index is 4.49. The van der Waals surface area contributed by atoms with E-state index in [-0.39, 0.29) is 0 Å².